The number of aromatic nitrogens is 3. The lowest BCUT2D eigenvalue weighted by Crippen LogP contribution is -2.28. The Morgan fingerprint density at radius 2 is 1.89 bits per heavy atom. The Bertz CT molecular complexity index is 976. The first-order valence-corrected chi connectivity index (χ1v) is 9.62. The minimum Gasteiger partial charge on any atom is -0.496 e. The van der Waals surface area contributed by atoms with Crippen molar-refractivity contribution in [1.82, 2.24) is 19.7 Å². The summed E-state index contributed by atoms with van der Waals surface area (Å²) in [6.07, 6.45) is 0. The standard InChI is InChI=1S/C20H21FN4O2S/c1-24(12-14-8-4-7-11-17(14)27-3)18(26)13-28-20-23-22-19(25(20)2)15-9-5-6-10-16(15)21/h4-11H,12-13H2,1-3H3. The van der Waals surface area contributed by atoms with Crippen molar-refractivity contribution in [2.75, 3.05) is 19.9 Å². The number of halogens is 1. The lowest BCUT2D eigenvalue weighted by molar-refractivity contribution is -0.127. The number of rotatable bonds is 7. The van der Waals surface area contributed by atoms with Gasteiger partial charge < -0.3 is 14.2 Å². The van der Waals surface area contributed by atoms with E-state index in [2.05, 4.69) is 10.2 Å². The predicted octanol–water partition coefficient (Wildman–Crippen LogP) is 3.38. The van der Waals surface area contributed by atoms with Crippen LogP contribution in [0.25, 0.3) is 11.4 Å². The fourth-order valence-corrected chi connectivity index (χ4v) is 3.58. The second-order valence-corrected chi connectivity index (χ2v) is 7.14. The van der Waals surface area contributed by atoms with E-state index in [1.165, 1.54) is 17.8 Å². The number of carbonyl (C=O) groups is 1. The highest BCUT2D eigenvalue weighted by Gasteiger charge is 2.17. The van der Waals surface area contributed by atoms with Gasteiger partial charge in [0.2, 0.25) is 5.91 Å². The van der Waals surface area contributed by atoms with Crippen molar-refractivity contribution >= 4 is 17.7 Å². The van der Waals surface area contributed by atoms with Crippen molar-refractivity contribution in [3.63, 3.8) is 0 Å². The lowest BCUT2D eigenvalue weighted by Gasteiger charge is -2.18. The second-order valence-electron chi connectivity index (χ2n) is 6.20. The maximum absolute atomic E-state index is 14.0. The van der Waals surface area contributed by atoms with Gasteiger partial charge in [-0.25, -0.2) is 4.39 Å². The van der Waals surface area contributed by atoms with Gasteiger partial charge in [-0.15, -0.1) is 10.2 Å². The maximum atomic E-state index is 14.0. The molecule has 1 heterocycles. The summed E-state index contributed by atoms with van der Waals surface area (Å²) in [5.74, 6) is 0.969. The van der Waals surface area contributed by atoms with Crippen molar-refractivity contribution in [3.8, 4) is 17.1 Å². The zero-order chi connectivity index (χ0) is 20.1. The molecule has 146 valence electrons. The van der Waals surface area contributed by atoms with Crippen molar-refractivity contribution in [2.45, 2.75) is 11.7 Å². The van der Waals surface area contributed by atoms with Gasteiger partial charge in [-0.2, -0.15) is 0 Å². The molecule has 0 bridgehead atoms. The minimum absolute atomic E-state index is 0.0497. The number of ether oxygens (including phenoxy) is 1. The summed E-state index contributed by atoms with van der Waals surface area (Å²) >= 11 is 1.27. The van der Waals surface area contributed by atoms with Gasteiger partial charge in [0.1, 0.15) is 11.6 Å². The summed E-state index contributed by atoms with van der Waals surface area (Å²) in [7, 11) is 5.11. The number of hydrogen-bond donors (Lipinski definition) is 0. The van der Waals surface area contributed by atoms with E-state index in [9.17, 15) is 9.18 Å². The molecule has 3 aromatic rings. The number of amides is 1. The Labute approximate surface area is 167 Å². The minimum atomic E-state index is -0.359. The van der Waals surface area contributed by atoms with E-state index in [0.29, 0.717) is 23.1 Å². The van der Waals surface area contributed by atoms with Crippen LogP contribution in [0.3, 0.4) is 0 Å². The normalized spacial score (nSPS) is 10.7. The molecule has 0 saturated heterocycles. The molecule has 1 amide bonds. The number of nitrogens with zero attached hydrogens (tertiary/aromatic N) is 4. The molecule has 0 aliphatic rings. The Balaban J connectivity index is 1.64. The highest BCUT2D eigenvalue weighted by Crippen LogP contribution is 2.25. The number of benzene rings is 2. The van der Waals surface area contributed by atoms with Crippen LogP contribution in [0.4, 0.5) is 4.39 Å². The van der Waals surface area contributed by atoms with Gasteiger partial charge in [-0.1, -0.05) is 42.1 Å². The summed E-state index contributed by atoms with van der Waals surface area (Å²) in [6, 6.07) is 14.0. The first-order chi connectivity index (χ1) is 13.5. The largest absolute Gasteiger partial charge is 0.496 e. The molecule has 0 saturated carbocycles. The van der Waals surface area contributed by atoms with Crippen molar-refractivity contribution in [2.24, 2.45) is 7.05 Å². The van der Waals surface area contributed by atoms with E-state index in [1.54, 1.807) is 48.9 Å². The van der Waals surface area contributed by atoms with Crippen LogP contribution in [-0.2, 0) is 18.4 Å². The van der Waals surface area contributed by atoms with Crippen LogP contribution in [0.1, 0.15) is 5.56 Å². The van der Waals surface area contributed by atoms with Gasteiger partial charge >= 0.3 is 0 Å². The monoisotopic (exact) mass is 400 g/mol. The van der Waals surface area contributed by atoms with Gasteiger partial charge in [-0.05, 0) is 18.2 Å². The number of para-hydroxylation sites is 1. The molecule has 3 rings (SSSR count). The fraction of sp³-hybridized carbons (Fsp3) is 0.250. The van der Waals surface area contributed by atoms with E-state index in [4.69, 9.17) is 4.74 Å². The van der Waals surface area contributed by atoms with Crippen LogP contribution >= 0.6 is 11.8 Å². The lowest BCUT2D eigenvalue weighted by atomic mass is 10.2. The Hall–Kier alpha value is -2.87. The molecule has 0 aliphatic carbocycles. The third kappa shape index (κ3) is 4.33. The SMILES string of the molecule is COc1ccccc1CN(C)C(=O)CSc1nnc(-c2ccccc2F)n1C. The average molecular weight is 400 g/mol. The Morgan fingerprint density at radius 3 is 2.64 bits per heavy atom. The zero-order valence-electron chi connectivity index (χ0n) is 15.9. The molecule has 8 heteroatoms. The van der Waals surface area contributed by atoms with Crippen LogP contribution in [-0.4, -0.2) is 45.5 Å². The average Bonchev–Trinajstić information content (AvgIpc) is 3.07. The van der Waals surface area contributed by atoms with Crippen LogP contribution < -0.4 is 4.74 Å². The molecule has 2 aromatic carbocycles. The molecule has 0 atom stereocenters. The van der Waals surface area contributed by atoms with E-state index in [0.717, 1.165) is 11.3 Å². The molecule has 0 fully saturated rings. The van der Waals surface area contributed by atoms with Crippen molar-refractivity contribution in [1.29, 1.82) is 0 Å². The van der Waals surface area contributed by atoms with Crippen LogP contribution in [0.5, 0.6) is 5.75 Å². The van der Waals surface area contributed by atoms with Gasteiger partial charge in [0.05, 0.1) is 18.4 Å². The number of carbonyl (C=O) groups excluding carboxylic acids is 1. The third-order valence-corrected chi connectivity index (χ3v) is 5.31. The first-order valence-electron chi connectivity index (χ1n) is 8.64. The Morgan fingerprint density at radius 1 is 1.18 bits per heavy atom. The molecule has 0 radical (unpaired) electrons. The van der Waals surface area contributed by atoms with Gasteiger partial charge in [0.25, 0.3) is 0 Å². The molecular formula is C20H21FN4O2S. The summed E-state index contributed by atoms with van der Waals surface area (Å²) in [5.41, 5.74) is 1.32. The topological polar surface area (TPSA) is 60.2 Å². The molecule has 28 heavy (non-hydrogen) atoms. The summed E-state index contributed by atoms with van der Waals surface area (Å²) in [5, 5.41) is 8.72. The van der Waals surface area contributed by atoms with Gasteiger partial charge in [0, 0.05) is 26.2 Å². The van der Waals surface area contributed by atoms with Crippen LogP contribution in [0.15, 0.2) is 53.7 Å². The summed E-state index contributed by atoms with van der Waals surface area (Å²) < 4.78 is 21.0. The zero-order valence-corrected chi connectivity index (χ0v) is 16.7. The van der Waals surface area contributed by atoms with Crippen LogP contribution in [0, 0.1) is 5.82 Å². The van der Waals surface area contributed by atoms with Crippen molar-refractivity contribution < 1.29 is 13.9 Å². The smallest absolute Gasteiger partial charge is 0.233 e. The van der Waals surface area contributed by atoms with Crippen molar-refractivity contribution in [3.05, 3.63) is 59.9 Å². The van der Waals surface area contributed by atoms with E-state index in [-0.39, 0.29) is 17.5 Å². The molecule has 0 spiro atoms. The highest BCUT2D eigenvalue weighted by molar-refractivity contribution is 7.99. The fourth-order valence-electron chi connectivity index (χ4n) is 2.73. The maximum Gasteiger partial charge on any atom is 0.233 e. The molecular weight excluding hydrogens is 379 g/mol. The van der Waals surface area contributed by atoms with E-state index < -0.39 is 0 Å². The molecule has 0 aliphatic heterocycles. The summed E-state index contributed by atoms with van der Waals surface area (Å²) in [4.78, 5) is 14.1. The van der Waals surface area contributed by atoms with E-state index >= 15 is 0 Å². The Kier molecular flexibility index (Phi) is 6.30. The number of thioether (sulfide) groups is 1. The third-order valence-electron chi connectivity index (χ3n) is 4.30. The molecule has 0 N–H and O–H groups in total. The predicted molar refractivity (Wildman–Crippen MR) is 107 cm³/mol. The second kappa shape index (κ2) is 8.88. The first kappa shape index (κ1) is 19.9. The quantitative estimate of drug-likeness (QED) is 0.569. The van der Waals surface area contributed by atoms with Crippen LogP contribution in [0.2, 0.25) is 0 Å². The highest BCUT2D eigenvalue weighted by atomic mass is 32.2. The number of methoxy groups -OCH3 is 1. The molecule has 0 unspecified atom stereocenters. The van der Waals surface area contributed by atoms with E-state index in [1.807, 2.05) is 24.3 Å². The molecule has 1 aromatic heterocycles. The van der Waals surface area contributed by atoms with Gasteiger partial charge in [-0.3, -0.25) is 4.79 Å². The summed E-state index contributed by atoms with van der Waals surface area (Å²) in [6.45, 7) is 0.447. The molecule has 6 nitrogen and oxygen atoms in total. The van der Waals surface area contributed by atoms with Gasteiger partial charge in [0.15, 0.2) is 11.0 Å². The number of hydrogen-bond acceptors (Lipinski definition) is 5.